The molecular formula is C18H20N2O5S. The van der Waals surface area contributed by atoms with Gasteiger partial charge in [-0.2, -0.15) is 0 Å². The van der Waals surface area contributed by atoms with Gasteiger partial charge in [0, 0.05) is 24.6 Å². The number of ether oxygens (including phenoxy) is 1. The van der Waals surface area contributed by atoms with Crippen molar-refractivity contribution in [2.24, 2.45) is 0 Å². The number of hydroxylamine groups is 1. The van der Waals surface area contributed by atoms with E-state index in [0.717, 1.165) is 15.8 Å². The van der Waals surface area contributed by atoms with Crippen molar-refractivity contribution in [2.75, 3.05) is 20.8 Å². The summed E-state index contributed by atoms with van der Waals surface area (Å²) in [5, 5.41) is 2.95. The van der Waals surface area contributed by atoms with E-state index in [0.29, 0.717) is 13.0 Å². The van der Waals surface area contributed by atoms with Crippen LogP contribution in [-0.2, 0) is 14.9 Å². The standard InChI is InChI=1S/C18H20N2O5S/c1-20(24-2)26(22,23)14-7-5-6-13(12-14)18(21)19-16-10-11-25-17-9-4-3-8-15(16)17/h3-9,12,16H,10-11H2,1-2H3,(H,19,21)/t16-/m1/s1. The summed E-state index contributed by atoms with van der Waals surface area (Å²) in [4.78, 5) is 17.4. The Hall–Kier alpha value is -2.42. The average molecular weight is 376 g/mol. The summed E-state index contributed by atoms with van der Waals surface area (Å²) in [6.07, 6.45) is 0.646. The molecule has 2 aromatic rings. The monoisotopic (exact) mass is 376 g/mol. The third kappa shape index (κ3) is 3.57. The van der Waals surface area contributed by atoms with Crippen molar-refractivity contribution in [1.29, 1.82) is 0 Å². The summed E-state index contributed by atoms with van der Waals surface area (Å²) in [7, 11) is -1.26. The minimum atomic E-state index is -3.82. The SMILES string of the molecule is CON(C)S(=O)(=O)c1cccc(C(=O)N[C@@H]2CCOc3ccccc32)c1. The van der Waals surface area contributed by atoms with Gasteiger partial charge in [-0.25, -0.2) is 8.42 Å². The maximum atomic E-state index is 12.6. The van der Waals surface area contributed by atoms with Gasteiger partial charge in [0.15, 0.2) is 0 Å². The smallest absolute Gasteiger partial charge is 0.264 e. The number of nitrogens with zero attached hydrogens (tertiary/aromatic N) is 1. The van der Waals surface area contributed by atoms with Crippen LogP contribution in [0.4, 0.5) is 0 Å². The van der Waals surface area contributed by atoms with Crippen molar-refractivity contribution in [2.45, 2.75) is 17.4 Å². The summed E-state index contributed by atoms with van der Waals surface area (Å²) >= 11 is 0. The number of rotatable bonds is 5. The summed E-state index contributed by atoms with van der Waals surface area (Å²) in [5.74, 6) is 0.408. The van der Waals surface area contributed by atoms with Crippen molar-refractivity contribution >= 4 is 15.9 Å². The van der Waals surface area contributed by atoms with Crippen molar-refractivity contribution in [3.05, 3.63) is 59.7 Å². The van der Waals surface area contributed by atoms with Gasteiger partial charge >= 0.3 is 0 Å². The number of hydrogen-bond acceptors (Lipinski definition) is 5. The molecule has 0 saturated carbocycles. The number of benzene rings is 2. The number of fused-ring (bicyclic) bond motifs is 1. The Morgan fingerprint density at radius 1 is 1.23 bits per heavy atom. The summed E-state index contributed by atoms with van der Waals surface area (Å²) in [6, 6.07) is 13.2. The molecule has 0 fully saturated rings. The van der Waals surface area contributed by atoms with Gasteiger partial charge in [0.05, 0.1) is 24.7 Å². The van der Waals surface area contributed by atoms with Crippen LogP contribution in [-0.4, -0.2) is 39.6 Å². The molecule has 7 nitrogen and oxygen atoms in total. The second kappa shape index (κ2) is 7.45. The van der Waals surface area contributed by atoms with Crippen LogP contribution in [0.15, 0.2) is 53.4 Å². The van der Waals surface area contributed by atoms with E-state index in [1.807, 2.05) is 24.3 Å². The Morgan fingerprint density at radius 3 is 2.77 bits per heavy atom. The normalized spacial score (nSPS) is 16.7. The van der Waals surface area contributed by atoms with Crippen LogP contribution < -0.4 is 10.1 Å². The zero-order valence-corrected chi connectivity index (χ0v) is 15.3. The lowest BCUT2D eigenvalue weighted by atomic mass is 10.00. The lowest BCUT2D eigenvalue weighted by molar-refractivity contribution is -0.0258. The Balaban J connectivity index is 1.83. The minimum Gasteiger partial charge on any atom is -0.493 e. The predicted molar refractivity (Wildman–Crippen MR) is 95.2 cm³/mol. The first kappa shape index (κ1) is 18.4. The third-order valence-electron chi connectivity index (χ3n) is 4.25. The van der Waals surface area contributed by atoms with E-state index in [2.05, 4.69) is 5.32 Å². The second-order valence-electron chi connectivity index (χ2n) is 5.83. The topological polar surface area (TPSA) is 84.9 Å². The van der Waals surface area contributed by atoms with Gasteiger partial charge in [0.1, 0.15) is 5.75 Å². The van der Waals surface area contributed by atoms with Gasteiger partial charge in [-0.15, -0.1) is 0 Å². The minimum absolute atomic E-state index is 0.0122. The van der Waals surface area contributed by atoms with Crippen LogP contribution in [0.1, 0.15) is 28.4 Å². The Bertz CT molecular complexity index is 913. The van der Waals surface area contributed by atoms with E-state index >= 15 is 0 Å². The molecule has 0 spiro atoms. The number of hydrogen-bond donors (Lipinski definition) is 1. The third-order valence-corrected chi connectivity index (χ3v) is 5.93. The largest absolute Gasteiger partial charge is 0.493 e. The first-order valence-corrected chi connectivity index (χ1v) is 9.53. The molecule has 1 heterocycles. The lowest BCUT2D eigenvalue weighted by Crippen LogP contribution is -2.32. The molecule has 0 radical (unpaired) electrons. The van der Waals surface area contributed by atoms with Crippen LogP contribution in [0.3, 0.4) is 0 Å². The fraction of sp³-hybridized carbons (Fsp3) is 0.278. The van der Waals surface area contributed by atoms with E-state index in [1.165, 1.54) is 32.4 Å². The molecule has 1 atom stereocenters. The summed E-state index contributed by atoms with van der Waals surface area (Å²) in [6.45, 7) is 0.509. The van der Waals surface area contributed by atoms with Crippen molar-refractivity contribution in [3.8, 4) is 5.75 Å². The Kier molecular flexibility index (Phi) is 5.26. The zero-order chi connectivity index (χ0) is 18.7. The fourth-order valence-corrected chi connectivity index (χ4v) is 3.80. The van der Waals surface area contributed by atoms with Gasteiger partial charge in [-0.3, -0.25) is 9.63 Å². The lowest BCUT2D eigenvalue weighted by Gasteiger charge is -2.26. The highest BCUT2D eigenvalue weighted by Crippen LogP contribution is 2.31. The average Bonchev–Trinajstić information content (AvgIpc) is 2.67. The Morgan fingerprint density at radius 2 is 2.00 bits per heavy atom. The highest BCUT2D eigenvalue weighted by Gasteiger charge is 2.25. The summed E-state index contributed by atoms with van der Waals surface area (Å²) in [5.41, 5.74) is 1.18. The number of amides is 1. The molecule has 3 rings (SSSR count). The number of carbonyl (C=O) groups is 1. The Labute approximate surface area is 152 Å². The number of sulfonamides is 1. The molecule has 26 heavy (non-hydrogen) atoms. The maximum Gasteiger partial charge on any atom is 0.264 e. The van der Waals surface area contributed by atoms with E-state index < -0.39 is 10.0 Å². The molecule has 1 N–H and O–H groups in total. The molecule has 1 amide bonds. The van der Waals surface area contributed by atoms with E-state index in [4.69, 9.17) is 9.57 Å². The molecule has 0 unspecified atom stereocenters. The molecule has 2 aromatic carbocycles. The van der Waals surface area contributed by atoms with Gasteiger partial charge < -0.3 is 10.1 Å². The van der Waals surface area contributed by atoms with E-state index in [1.54, 1.807) is 6.07 Å². The number of para-hydroxylation sites is 1. The quantitative estimate of drug-likeness (QED) is 0.808. The van der Waals surface area contributed by atoms with Gasteiger partial charge in [0.25, 0.3) is 15.9 Å². The highest BCUT2D eigenvalue weighted by atomic mass is 32.2. The van der Waals surface area contributed by atoms with Crippen molar-refractivity contribution < 1.29 is 22.8 Å². The predicted octanol–water partition coefficient (Wildman–Crippen LogP) is 2.12. The zero-order valence-electron chi connectivity index (χ0n) is 14.5. The van der Waals surface area contributed by atoms with Crippen LogP contribution in [0.2, 0.25) is 0 Å². The van der Waals surface area contributed by atoms with Crippen LogP contribution in [0, 0.1) is 0 Å². The molecule has 138 valence electrons. The first-order chi connectivity index (χ1) is 12.4. The highest BCUT2D eigenvalue weighted by molar-refractivity contribution is 7.89. The number of carbonyl (C=O) groups excluding carboxylic acids is 1. The van der Waals surface area contributed by atoms with Crippen molar-refractivity contribution in [1.82, 2.24) is 9.79 Å². The fourth-order valence-electron chi connectivity index (χ4n) is 2.78. The van der Waals surface area contributed by atoms with Crippen LogP contribution >= 0.6 is 0 Å². The van der Waals surface area contributed by atoms with Gasteiger partial charge in [-0.1, -0.05) is 28.7 Å². The molecule has 0 saturated heterocycles. The molecule has 0 aromatic heterocycles. The van der Waals surface area contributed by atoms with Gasteiger partial charge in [0.2, 0.25) is 0 Å². The second-order valence-corrected chi connectivity index (χ2v) is 7.76. The van der Waals surface area contributed by atoms with Crippen molar-refractivity contribution in [3.63, 3.8) is 0 Å². The molecule has 1 aliphatic rings. The van der Waals surface area contributed by atoms with Crippen LogP contribution in [0.25, 0.3) is 0 Å². The maximum absolute atomic E-state index is 12.6. The summed E-state index contributed by atoms with van der Waals surface area (Å²) < 4.78 is 31.0. The molecule has 8 heteroatoms. The molecular weight excluding hydrogens is 356 g/mol. The number of nitrogens with one attached hydrogen (secondary N) is 1. The van der Waals surface area contributed by atoms with E-state index in [-0.39, 0.29) is 22.4 Å². The van der Waals surface area contributed by atoms with Gasteiger partial charge in [-0.05, 0) is 24.3 Å². The first-order valence-electron chi connectivity index (χ1n) is 8.09. The van der Waals surface area contributed by atoms with Crippen LogP contribution in [0.5, 0.6) is 5.75 Å². The van der Waals surface area contributed by atoms with E-state index in [9.17, 15) is 13.2 Å². The molecule has 0 aliphatic carbocycles. The molecule has 0 bridgehead atoms. The molecule has 1 aliphatic heterocycles.